The maximum absolute atomic E-state index is 12.7. The molecule has 0 rings (SSSR count). The van der Waals surface area contributed by atoms with Gasteiger partial charge in [-0.3, -0.25) is 14.4 Å². The quantitative estimate of drug-likeness (QED) is 0.0204. The first-order chi connectivity index (χ1) is 28.0. The zero-order valence-corrected chi connectivity index (χ0v) is 36.3. The Balaban J connectivity index is 4.50. The highest BCUT2D eigenvalue weighted by Crippen LogP contribution is 2.12. The molecule has 0 radical (unpaired) electrons. The summed E-state index contributed by atoms with van der Waals surface area (Å²) in [6, 6.07) is 0. The normalized spacial score (nSPS) is 13.1. The first kappa shape index (κ1) is 53.1. The number of carbonyl (C=O) groups excluding carboxylic acids is 3. The number of esters is 3. The molecule has 0 aliphatic rings. The summed E-state index contributed by atoms with van der Waals surface area (Å²) >= 11 is 0. The number of carbonyl (C=O) groups is 3. The van der Waals surface area contributed by atoms with Gasteiger partial charge in [-0.15, -0.1) is 0 Å². The minimum atomic E-state index is -0.828. The van der Waals surface area contributed by atoms with Crippen molar-refractivity contribution in [2.45, 2.75) is 181 Å². The molecule has 0 aromatic rings. The molecule has 6 nitrogen and oxygen atoms in total. The second kappa shape index (κ2) is 44.8. The number of hydrogen-bond acceptors (Lipinski definition) is 6. The molecular weight excluding hydrogens is 709 g/mol. The Morgan fingerprint density at radius 1 is 0.404 bits per heavy atom. The Labute approximate surface area is 349 Å². The van der Waals surface area contributed by atoms with E-state index in [1.165, 1.54) is 38.5 Å². The van der Waals surface area contributed by atoms with Crippen LogP contribution < -0.4 is 0 Å². The molecule has 57 heavy (non-hydrogen) atoms. The standard InChI is InChI=1S/C51H80O6/c1-4-7-10-13-16-19-21-23-24-25-26-27-28-30-32-35-38-41-44-50(53)56-47-48(46-55-49(52)43-40-37-34-31-18-15-12-9-6-3)57-51(54)45-42-39-36-33-29-22-20-17-14-11-8-5-2/h9-10,12-13,16-21,23-27,31,37,40,48H,4-8,11,14-15,22,28-30,32-36,38-39,41-47H2,1-3H3/b12-9-,13-10-,19-16-,20-17-,23-21-,25-24-,27-26-,31-18-,40-37-. The molecule has 0 amide bonds. The lowest BCUT2D eigenvalue weighted by Crippen LogP contribution is -2.30. The Hall–Kier alpha value is -3.93. The van der Waals surface area contributed by atoms with Crippen LogP contribution in [0.25, 0.3) is 0 Å². The average Bonchev–Trinajstić information content (AvgIpc) is 3.21. The number of unbranched alkanes of at least 4 members (excludes halogenated alkanes) is 14. The summed E-state index contributed by atoms with van der Waals surface area (Å²) in [5, 5.41) is 0. The Bertz CT molecular complexity index is 1230. The monoisotopic (exact) mass is 789 g/mol. The van der Waals surface area contributed by atoms with Crippen LogP contribution in [0.4, 0.5) is 0 Å². The van der Waals surface area contributed by atoms with Crippen LogP contribution in [0.3, 0.4) is 0 Å². The van der Waals surface area contributed by atoms with E-state index in [0.29, 0.717) is 12.8 Å². The minimum Gasteiger partial charge on any atom is -0.462 e. The molecule has 0 heterocycles. The molecule has 1 unspecified atom stereocenters. The maximum Gasteiger partial charge on any atom is 0.309 e. The van der Waals surface area contributed by atoms with Gasteiger partial charge in [0.2, 0.25) is 0 Å². The van der Waals surface area contributed by atoms with E-state index in [-0.39, 0.29) is 31.6 Å². The van der Waals surface area contributed by atoms with Gasteiger partial charge >= 0.3 is 17.9 Å². The summed E-state index contributed by atoms with van der Waals surface area (Å²) in [5.74, 6) is -1.10. The van der Waals surface area contributed by atoms with Crippen LogP contribution in [-0.4, -0.2) is 37.2 Å². The number of hydrogen-bond donors (Lipinski definition) is 0. The van der Waals surface area contributed by atoms with Gasteiger partial charge in [-0.05, 0) is 77.0 Å². The molecule has 0 fully saturated rings. The van der Waals surface area contributed by atoms with Crippen LogP contribution in [0.5, 0.6) is 0 Å². The molecule has 0 aromatic heterocycles. The maximum atomic E-state index is 12.7. The van der Waals surface area contributed by atoms with Crippen LogP contribution in [-0.2, 0) is 28.6 Å². The van der Waals surface area contributed by atoms with Gasteiger partial charge in [0.05, 0.1) is 6.42 Å². The van der Waals surface area contributed by atoms with Gasteiger partial charge in [0.15, 0.2) is 6.10 Å². The van der Waals surface area contributed by atoms with Gasteiger partial charge in [-0.2, -0.15) is 0 Å². The molecule has 0 spiro atoms. The lowest BCUT2D eigenvalue weighted by molar-refractivity contribution is -0.166. The van der Waals surface area contributed by atoms with E-state index in [1.807, 2.05) is 42.5 Å². The van der Waals surface area contributed by atoms with Crippen LogP contribution in [0.15, 0.2) is 109 Å². The molecule has 0 bridgehead atoms. The van der Waals surface area contributed by atoms with E-state index >= 15 is 0 Å². The fourth-order valence-electron chi connectivity index (χ4n) is 5.52. The predicted octanol–water partition coefficient (Wildman–Crippen LogP) is 14.4. The Morgan fingerprint density at radius 3 is 1.44 bits per heavy atom. The molecule has 0 aliphatic heterocycles. The van der Waals surface area contributed by atoms with E-state index in [9.17, 15) is 14.4 Å². The van der Waals surface area contributed by atoms with Crippen molar-refractivity contribution in [3.8, 4) is 0 Å². The third-order valence-electron chi connectivity index (χ3n) is 8.87. The number of rotatable bonds is 38. The smallest absolute Gasteiger partial charge is 0.309 e. The van der Waals surface area contributed by atoms with Gasteiger partial charge in [-0.25, -0.2) is 0 Å². The van der Waals surface area contributed by atoms with Crippen molar-refractivity contribution in [1.29, 1.82) is 0 Å². The summed E-state index contributed by atoms with van der Waals surface area (Å²) in [4.78, 5) is 37.6. The number of allylic oxidation sites excluding steroid dienone is 17. The summed E-state index contributed by atoms with van der Waals surface area (Å²) < 4.78 is 16.5. The zero-order chi connectivity index (χ0) is 41.5. The molecule has 0 aromatic carbocycles. The van der Waals surface area contributed by atoms with E-state index in [0.717, 1.165) is 96.3 Å². The van der Waals surface area contributed by atoms with Crippen molar-refractivity contribution in [3.63, 3.8) is 0 Å². The fourth-order valence-corrected chi connectivity index (χ4v) is 5.52. The lowest BCUT2D eigenvalue weighted by atomic mass is 10.1. The molecule has 0 aliphatic carbocycles. The number of ether oxygens (including phenoxy) is 3. The van der Waals surface area contributed by atoms with Gasteiger partial charge < -0.3 is 14.2 Å². The second-order valence-electron chi connectivity index (χ2n) is 14.4. The third-order valence-corrected chi connectivity index (χ3v) is 8.87. The first-order valence-corrected chi connectivity index (χ1v) is 22.5. The van der Waals surface area contributed by atoms with Gasteiger partial charge in [0, 0.05) is 12.8 Å². The van der Waals surface area contributed by atoms with Crippen LogP contribution >= 0.6 is 0 Å². The van der Waals surface area contributed by atoms with Crippen LogP contribution in [0.1, 0.15) is 175 Å². The first-order valence-electron chi connectivity index (χ1n) is 22.5. The topological polar surface area (TPSA) is 78.9 Å². The van der Waals surface area contributed by atoms with Crippen molar-refractivity contribution >= 4 is 17.9 Å². The van der Waals surface area contributed by atoms with Crippen LogP contribution in [0.2, 0.25) is 0 Å². The van der Waals surface area contributed by atoms with Gasteiger partial charge in [0.1, 0.15) is 13.2 Å². The molecule has 320 valence electrons. The predicted molar refractivity (Wildman–Crippen MR) is 242 cm³/mol. The molecule has 0 saturated carbocycles. The molecule has 0 N–H and O–H groups in total. The molecule has 1 atom stereocenters. The summed E-state index contributed by atoms with van der Waals surface area (Å²) in [7, 11) is 0. The summed E-state index contributed by atoms with van der Waals surface area (Å²) in [6.45, 7) is 6.24. The van der Waals surface area contributed by atoms with Gasteiger partial charge in [-0.1, -0.05) is 188 Å². The zero-order valence-electron chi connectivity index (χ0n) is 36.3. The van der Waals surface area contributed by atoms with E-state index in [4.69, 9.17) is 14.2 Å². The summed E-state index contributed by atoms with van der Waals surface area (Å²) in [6.07, 6.45) is 59.5. The summed E-state index contributed by atoms with van der Waals surface area (Å²) in [5.41, 5.74) is 0. The molecule has 6 heteroatoms. The van der Waals surface area contributed by atoms with Crippen molar-refractivity contribution in [1.82, 2.24) is 0 Å². The molecular formula is C51H80O6. The second-order valence-corrected chi connectivity index (χ2v) is 14.4. The highest BCUT2D eigenvalue weighted by Gasteiger charge is 2.19. The van der Waals surface area contributed by atoms with Crippen molar-refractivity contribution < 1.29 is 28.6 Å². The Kier molecular flexibility index (Phi) is 41.7. The van der Waals surface area contributed by atoms with Gasteiger partial charge in [0.25, 0.3) is 0 Å². The largest absolute Gasteiger partial charge is 0.462 e. The van der Waals surface area contributed by atoms with Crippen molar-refractivity contribution in [2.75, 3.05) is 13.2 Å². The SMILES string of the molecule is CC/C=C\C/C=C\C/C=C\CC(=O)OCC(COC(=O)CCCCCCC\C=C/C=C\C=C/C=C\C=C/CCC)OC(=O)CCCCCCC/C=C\CCCCC. The molecule has 0 saturated heterocycles. The van der Waals surface area contributed by atoms with Crippen molar-refractivity contribution in [3.05, 3.63) is 109 Å². The minimum absolute atomic E-state index is 0.124. The van der Waals surface area contributed by atoms with E-state index in [2.05, 4.69) is 81.5 Å². The average molecular weight is 789 g/mol. The lowest BCUT2D eigenvalue weighted by Gasteiger charge is -2.18. The highest BCUT2D eigenvalue weighted by atomic mass is 16.6. The van der Waals surface area contributed by atoms with E-state index < -0.39 is 12.1 Å². The fraction of sp³-hybridized carbons (Fsp3) is 0.588. The van der Waals surface area contributed by atoms with Crippen molar-refractivity contribution in [2.24, 2.45) is 0 Å². The Morgan fingerprint density at radius 2 is 0.860 bits per heavy atom. The van der Waals surface area contributed by atoms with E-state index in [1.54, 1.807) is 6.08 Å². The van der Waals surface area contributed by atoms with Crippen LogP contribution in [0, 0.1) is 0 Å². The third kappa shape index (κ3) is 43.0. The highest BCUT2D eigenvalue weighted by molar-refractivity contribution is 5.72.